The highest BCUT2D eigenvalue weighted by atomic mass is 19.4. The maximum atomic E-state index is 14.2. The molecule has 0 spiro atoms. The quantitative estimate of drug-likeness (QED) is 0.699. The molecule has 6 nitrogen and oxygen atoms in total. The highest BCUT2D eigenvalue weighted by Gasteiger charge is 2.70. The average molecular weight is 412 g/mol. The monoisotopic (exact) mass is 412 g/mol. The Bertz CT molecular complexity index is 821. The van der Waals surface area contributed by atoms with E-state index in [1.165, 1.54) is 6.92 Å². The fraction of sp³-hybridized carbons (Fsp3) is 0.450. The van der Waals surface area contributed by atoms with Crippen LogP contribution in [0.1, 0.15) is 32.3 Å². The second-order valence-electron chi connectivity index (χ2n) is 6.69. The molecule has 29 heavy (non-hydrogen) atoms. The van der Waals surface area contributed by atoms with Crippen LogP contribution in [0.4, 0.5) is 13.2 Å². The summed E-state index contributed by atoms with van der Waals surface area (Å²) in [4.78, 5) is 38.4. The first kappa shape index (κ1) is 22.4. The van der Waals surface area contributed by atoms with Crippen molar-refractivity contribution in [2.45, 2.75) is 44.8 Å². The summed E-state index contributed by atoms with van der Waals surface area (Å²) in [5.74, 6) is -3.71. The summed E-state index contributed by atoms with van der Waals surface area (Å²) in [6, 6.07) is 8.74. The Morgan fingerprint density at radius 3 is 2.34 bits per heavy atom. The topological polar surface area (TPSA) is 75.7 Å². The van der Waals surface area contributed by atoms with E-state index in [0.29, 0.717) is 6.42 Å². The van der Waals surface area contributed by atoms with Crippen molar-refractivity contribution in [3.63, 3.8) is 0 Å². The van der Waals surface area contributed by atoms with Gasteiger partial charge in [-0.25, -0.2) is 4.79 Å². The molecular formula is C20H23F3N2O4. The predicted molar refractivity (Wildman–Crippen MR) is 98.4 cm³/mol. The predicted octanol–water partition coefficient (Wildman–Crippen LogP) is 2.74. The number of halogens is 3. The van der Waals surface area contributed by atoms with Crippen molar-refractivity contribution in [1.82, 2.24) is 10.2 Å². The third kappa shape index (κ3) is 4.13. The fourth-order valence-electron chi connectivity index (χ4n) is 3.39. The first-order valence-corrected chi connectivity index (χ1v) is 9.13. The number of ether oxygens (including phenoxy) is 1. The molecule has 0 saturated carbocycles. The molecule has 1 atom stereocenters. The van der Waals surface area contributed by atoms with Crippen LogP contribution in [0.15, 0.2) is 41.6 Å². The summed E-state index contributed by atoms with van der Waals surface area (Å²) in [5.41, 5.74) is -3.79. The molecule has 2 amide bonds. The Hall–Kier alpha value is -2.84. The number of hydrogen-bond acceptors (Lipinski definition) is 4. The van der Waals surface area contributed by atoms with Gasteiger partial charge >= 0.3 is 12.1 Å². The van der Waals surface area contributed by atoms with Crippen LogP contribution < -0.4 is 5.32 Å². The molecular weight excluding hydrogens is 389 g/mol. The normalized spacial score (nSPS) is 19.5. The molecule has 1 aliphatic rings. The third-order valence-electron chi connectivity index (χ3n) is 4.78. The molecule has 0 aromatic heterocycles. The summed E-state index contributed by atoms with van der Waals surface area (Å²) in [5, 5.41) is 1.82. The smallest absolute Gasteiger partial charge is 0.425 e. The van der Waals surface area contributed by atoms with Gasteiger partial charge in [0.25, 0.3) is 5.91 Å². The minimum absolute atomic E-state index is 0.0249. The van der Waals surface area contributed by atoms with Crippen LogP contribution in [0.3, 0.4) is 0 Å². The number of allylic oxidation sites excluding steroid dienone is 1. The van der Waals surface area contributed by atoms with Gasteiger partial charge in [0, 0.05) is 18.7 Å². The van der Waals surface area contributed by atoms with Gasteiger partial charge in [-0.1, -0.05) is 37.3 Å². The summed E-state index contributed by atoms with van der Waals surface area (Å²) in [6.07, 6.45) is -4.96. The molecule has 1 aliphatic heterocycles. The van der Waals surface area contributed by atoms with Crippen molar-refractivity contribution in [3.05, 3.63) is 47.2 Å². The van der Waals surface area contributed by atoms with Crippen LogP contribution in [0, 0.1) is 0 Å². The molecule has 0 aliphatic carbocycles. The summed E-state index contributed by atoms with van der Waals surface area (Å²) in [7, 11) is 0.925. The van der Waals surface area contributed by atoms with Gasteiger partial charge in [-0.3, -0.25) is 9.59 Å². The van der Waals surface area contributed by atoms with E-state index < -0.39 is 35.1 Å². The summed E-state index contributed by atoms with van der Waals surface area (Å²) < 4.78 is 47.2. The number of carbonyl (C=O) groups is 3. The first-order chi connectivity index (χ1) is 13.6. The average Bonchev–Trinajstić information content (AvgIpc) is 2.89. The minimum Gasteiger partial charge on any atom is -0.466 e. The zero-order chi connectivity index (χ0) is 21.8. The largest absolute Gasteiger partial charge is 0.466 e. The van der Waals surface area contributed by atoms with Crippen LogP contribution in [0.2, 0.25) is 0 Å². The van der Waals surface area contributed by atoms with Crippen molar-refractivity contribution in [1.29, 1.82) is 0 Å². The maximum absolute atomic E-state index is 14.2. The number of carbonyl (C=O) groups excluding carboxylic acids is 3. The minimum atomic E-state index is -5.24. The van der Waals surface area contributed by atoms with E-state index in [9.17, 15) is 27.6 Å². The second-order valence-corrected chi connectivity index (χ2v) is 6.69. The Kier molecular flexibility index (Phi) is 6.71. The molecule has 1 aromatic rings. The Morgan fingerprint density at radius 2 is 1.83 bits per heavy atom. The lowest BCUT2D eigenvalue weighted by Crippen LogP contribution is -2.66. The lowest BCUT2D eigenvalue weighted by molar-refractivity contribution is -0.196. The number of alkyl halides is 3. The number of nitrogens with one attached hydrogen (secondary N) is 1. The summed E-state index contributed by atoms with van der Waals surface area (Å²) in [6.45, 7) is 2.90. The van der Waals surface area contributed by atoms with E-state index >= 15 is 0 Å². The molecule has 0 saturated heterocycles. The number of benzene rings is 1. The van der Waals surface area contributed by atoms with E-state index in [4.69, 9.17) is 0 Å². The number of amides is 2. The van der Waals surface area contributed by atoms with Crippen molar-refractivity contribution in [2.24, 2.45) is 0 Å². The molecule has 0 fully saturated rings. The molecule has 0 bridgehead atoms. The Balaban J connectivity index is 2.42. The lowest BCUT2D eigenvalue weighted by atomic mass is 9.88. The van der Waals surface area contributed by atoms with Crippen molar-refractivity contribution >= 4 is 17.8 Å². The number of hydrogen-bond donors (Lipinski definition) is 1. The molecule has 9 heteroatoms. The van der Waals surface area contributed by atoms with Gasteiger partial charge in [0.05, 0.1) is 7.11 Å². The molecule has 1 N–H and O–H groups in total. The van der Waals surface area contributed by atoms with Crippen LogP contribution in [0.5, 0.6) is 0 Å². The third-order valence-corrected chi connectivity index (χ3v) is 4.78. The molecule has 0 radical (unpaired) electrons. The van der Waals surface area contributed by atoms with Crippen molar-refractivity contribution in [2.75, 3.05) is 13.7 Å². The van der Waals surface area contributed by atoms with Gasteiger partial charge in [-0.15, -0.1) is 0 Å². The van der Waals surface area contributed by atoms with Gasteiger partial charge < -0.3 is 15.0 Å². The highest BCUT2D eigenvalue weighted by Crippen LogP contribution is 2.45. The molecule has 1 aromatic carbocycles. The van der Waals surface area contributed by atoms with E-state index in [-0.39, 0.29) is 25.1 Å². The van der Waals surface area contributed by atoms with Crippen molar-refractivity contribution in [3.8, 4) is 0 Å². The van der Waals surface area contributed by atoms with Gasteiger partial charge in [0.1, 0.15) is 5.57 Å². The Morgan fingerprint density at radius 1 is 1.21 bits per heavy atom. The number of esters is 1. The second kappa shape index (κ2) is 8.67. The maximum Gasteiger partial charge on any atom is 0.425 e. The number of methoxy groups -OCH3 is 1. The SMILES string of the molecule is CCCN1C(=O)[C@](NC(=O)CCc2ccccc2)(C(F)(F)F)C(C(=O)OC)=C1C. The van der Waals surface area contributed by atoms with E-state index in [1.54, 1.807) is 37.3 Å². The van der Waals surface area contributed by atoms with E-state index in [0.717, 1.165) is 17.6 Å². The first-order valence-electron chi connectivity index (χ1n) is 9.13. The highest BCUT2D eigenvalue weighted by molar-refractivity contribution is 6.10. The molecule has 1 heterocycles. The van der Waals surface area contributed by atoms with Crippen LogP contribution in [-0.2, 0) is 25.5 Å². The van der Waals surface area contributed by atoms with E-state index in [1.807, 2.05) is 5.32 Å². The molecule has 158 valence electrons. The molecule has 0 unspecified atom stereocenters. The zero-order valence-corrected chi connectivity index (χ0v) is 16.4. The van der Waals surface area contributed by atoms with Crippen LogP contribution in [-0.4, -0.2) is 48.1 Å². The van der Waals surface area contributed by atoms with E-state index in [2.05, 4.69) is 4.74 Å². The number of rotatable bonds is 7. The fourth-order valence-corrected chi connectivity index (χ4v) is 3.39. The standard InChI is InChI=1S/C20H23F3N2O4/c1-4-12-25-13(2)16(17(27)29-3)19(18(25)28,20(21,22)23)24-15(26)11-10-14-8-6-5-7-9-14/h5-9H,4,10-12H2,1-3H3,(H,24,26)/t19-/m0/s1. The van der Waals surface area contributed by atoms with Crippen molar-refractivity contribution < 1.29 is 32.3 Å². The zero-order valence-electron chi connectivity index (χ0n) is 16.4. The van der Waals surface area contributed by atoms with Gasteiger partial charge in [0.15, 0.2) is 0 Å². The van der Waals surface area contributed by atoms with Crippen LogP contribution in [0.25, 0.3) is 0 Å². The van der Waals surface area contributed by atoms with Crippen LogP contribution >= 0.6 is 0 Å². The number of aryl methyl sites for hydroxylation is 1. The lowest BCUT2D eigenvalue weighted by Gasteiger charge is -2.33. The Labute approximate surface area is 166 Å². The summed E-state index contributed by atoms with van der Waals surface area (Å²) >= 11 is 0. The molecule has 2 rings (SSSR count). The number of nitrogens with zero attached hydrogens (tertiary/aromatic N) is 1. The van der Waals surface area contributed by atoms with Gasteiger partial charge in [-0.05, 0) is 25.3 Å². The van der Waals surface area contributed by atoms with Gasteiger partial charge in [0.2, 0.25) is 11.4 Å². The van der Waals surface area contributed by atoms with Gasteiger partial charge in [-0.2, -0.15) is 13.2 Å².